The van der Waals surface area contributed by atoms with Gasteiger partial charge in [-0.15, -0.1) is 0 Å². The van der Waals surface area contributed by atoms with E-state index in [4.69, 9.17) is 23.2 Å². The molecule has 1 heterocycles. The molecule has 2 aromatic carbocycles. The van der Waals surface area contributed by atoms with Crippen molar-refractivity contribution in [2.75, 3.05) is 13.1 Å². The van der Waals surface area contributed by atoms with E-state index >= 15 is 0 Å². The molecule has 0 radical (unpaired) electrons. The number of hydrogen-bond acceptors (Lipinski definition) is 2. The van der Waals surface area contributed by atoms with Crippen molar-refractivity contribution in [2.45, 2.75) is 25.6 Å². The first-order valence-corrected chi connectivity index (χ1v) is 10.1. The molecule has 2 aromatic rings. The van der Waals surface area contributed by atoms with Crippen LogP contribution in [0.1, 0.15) is 34.3 Å². The van der Waals surface area contributed by atoms with Gasteiger partial charge in [0, 0.05) is 41.2 Å². The van der Waals surface area contributed by atoms with Gasteiger partial charge in [0.15, 0.2) is 0 Å². The first-order valence-electron chi connectivity index (χ1n) is 9.33. The van der Waals surface area contributed by atoms with Gasteiger partial charge in [0.2, 0.25) is 5.91 Å². The molecule has 2 amide bonds. The van der Waals surface area contributed by atoms with Crippen LogP contribution in [-0.4, -0.2) is 29.8 Å². The smallest absolute Gasteiger partial charge is 0.352 e. The number of likely N-dealkylation sites (tertiary alicyclic amines) is 1. The number of hydrogen-bond donors (Lipinski definition) is 1. The van der Waals surface area contributed by atoms with Crippen molar-refractivity contribution >= 4 is 35.0 Å². The maximum Gasteiger partial charge on any atom is 0.416 e. The molecule has 4 nitrogen and oxygen atoms in total. The number of nitrogens with zero attached hydrogens (tertiary/aromatic N) is 1. The molecule has 1 saturated heterocycles. The molecule has 30 heavy (non-hydrogen) atoms. The molecule has 0 bridgehead atoms. The maximum absolute atomic E-state index is 12.7. The van der Waals surface area contributed by atoms with Crippen molar-refractivity contribution in [2.24, 2.45) is 5.92 Å². The van der Waals surface area contributed by atoms with Gasteiger partial charge in [0.1, 0.15) is 0 Å². The Labute approximate surface area is 182 Å². The van der Waals surface area contributed by atoms with E-state index < -0.39 is 11.7 Å². The van der Waals surface area contributed by atoms with Gasteiger partial charge in [-0.2, -0.15) is 13.2 Å². The minimum atomic E-state index is -4.44. The van der Waals surface area contributed by atoms with Gasteiger partial charge < -0.3 is 10.2 Å². The summed E-state index contributed by atoms with van der Waals surface area (Å²) in [5.41, 5.74) is 0.155. The zero-order chi connectivity index (χ0) is 21.9. The van der Waals surface area contributed by atoms with Gasteiger partial charge in [-0.1, -0.05) is 29.3 Å². The summed E-state index contributed by atoms with van der Waals surface area (Å²) in [6.45, 7) is 0.999. The van der Waals surface area contributed by atoms with Crippen molar-refractivity contribution in [1.29, 1.82) is 0 Å². The summed E-state index contributed by atoms with van der Waals surface area (Å²) in [5.74, 6) is -0.703. The summed E-state index contributed by atoms with van der Waals surface area (Å²) in [7, 11) is 0. The minimum absolute atomic E-state index is 0.123. The number of nitrogens with one attached hydrogen (secondary N) is 1. The SMILES string of the molecule is O=C(NCc1ccc(Cl)cc1Cl)C1CCN(C(=O)c2ccc(C(F)(F)F)cc2)CC1. The number of carbonyl (C=O) groups excluding carboxylic acids is 2. The van der Waals surface area contributed by atoms with E-state index in [1.807, 2.05) is 0 Å². The molecule has 1 aliphatic rings. The topological polar surface area (TPSA) is 49.4 Å². The van der Waals surface area contributed by atoms with Crippen LogP contribution in [0.25, 0.3) is 0 Å². The molecular formula is C21H19Cl2F3N2O2. The molecule has 0 atom stereocenters. The highest BCUT2D eigenvalue weighted by atomic mass is 35.5. The van der Waals surface area contributed by atoms with Gasteiger partial charge >= 0.3 is 6.18 Å². The van der Waals surface area contributed by atoms with Crippen molar-refractivity contribution < 1.29 is 22.8 Å². The molecule has 9 heteroatoms. The van der Waals surface area contributed by atoms with Crippen LogP contribution in [0.4, 0.5) is 13.2 Å². The molecular weight excluding hydrogens is 440 g/mol. The van der Waals surface area contributed by atoms with Gasteiger partial charge in [-0.25, -0.2) is 0 Å². The Morgan fingerprint density at radius 3 is 2.23 bits per heavy atom. The van der Waals surface area contributed by atoms with E-state index in [9.17, 15) is 22.8 Å². The monoisotopic (exact) mass is 458 g/mol. The Balaban J connectivity index is 1.51. The van der Waals surface area contributed by atoms with Crippen molar-refractivity contribution in [1.82, 2.24) is 10.2 Å². The maximum atomic E-state index is 12.7. The average molecular weight is 459 g/mol. The number of piperidine rings is 1. The van der Waals surface area contributed by atoms with E-state index in [2.05, 4.69) is 5.32 Å². The van der Waals surface area contributed by atoms with Crippen LogP contribution in [0.15, 0.2) is 42.5 Å². The van der Waals surface area contributed by atoms with Crippen LogP contribution in [0.5, 0.6) is 0 Å². The van der Waals surface area contributed by atoms with E-state index in [0.717, 1.165) is 17.7 Å². The second kappa shape index (κ2) is 9.27. The fraction of sp³-hybridized carbons (Fsp3) is 0.333. The zero-order valence-corrected chi connectivity index (χ0v) is 17.3. The summed E-state index contributed by atoms with van der Waals surface area (Å²) in [6.07, 6.45) is -3.48. The first-order chi connectivity index (χ1) is 14.1. The van der Waals surface area contributed by atoms with Crippen LogP contribution in [0.2, 0.25) is 10.0 Å². The van der Waals surface area contributed by atoms with Crippen LogP contribution in [0, 0.1) is 5.92 Å². The van der Waals surface area contributed by atoms with Crippen LogP contribution < -0.4 is 5.32 Å². The Morgan fingerprint density at radius 1 is 1.03 bits per heavy atom. The first kappa shape index (κ1) is 22.4. The summed E-state index contributed by atoms with van der Waals surface area (Å²) < 4.78 is 38.0. The summed E-state index contributed by atoms with van der Waals surface area (Å²) in [6, 6.07) is 9.21. The lowest BCUT2D eigenvalue weighted by Crippen LogP contribution is -2.43. The molecule has 0 aromatic heterocycles. The Morgan fingerprint density at radius 2 is 1.67 bits per heavy atom. The van der Waals surface area contributed by atoms with E-state index in [1.54, 1.807) is 23.1 Å². The molecule has 1 N–H and O–H groups in total. The third-order valence-corrected chi connectivity index (χ3v) is 5.67. The summed E-state index contributed by atoms with van der Waals surface area (Å²) in [5, 5.41) is 3.83. The number of alkyl halides is 3. The predicted octanol–water partition coefficient (Wildman–Crippen LogP) is 5.18. The Kier molecular flexibility index (Phi) is 6.93. The third kappa shape index (κ3) is 5.46. The molecule has 1 fully saturated rings. The Bertz CT molecular complexity index is 925. The highest BCUT2D eigenvalue weighted by Crippen LogP contribution is 2.29. The molecule has 3 rings (SSSR count). The van der Waals surface area contributed by atoms with E-state index in [1.165, 1.54) is 12.1 Å². The molecule has 0 spiro atoms. The number of benzene rings is 2. The predicted molar refractivity (Wildman–Crippen MR) is 108 cm³/mol. The van der Waals surface area contributed by atoms with Crippen LogP contribution in [0.3, 0.4) is 0 Å². The molecule has 0 saturated carbocycles. The highest BCUT2D eigenvalue weighted by Gasteiger charge is 2.31. The van der Waals surface area contributed by atoms with Crippen molar-refractivity contribution in [3.63, 3.8) is 0 Å². The normalized spacial score (nSPS) is 15.2. The van der Waals surface area contributed by atoms with Crippen molar-refractivity contribution in [3.05, 3.63) is 69.2 Å². The highest BCUT2D eigenvalue weighted by molar-refractivity contribution is 6.35. The lowest BCUT2D eigenvalue weighted by Gasteiger charge is -2.31. The number of rotatable bonds is 4. The fourth-order valence-electron chi connectivity index (χ4n) is 3.32. The van der Waals surface area contributed by atoms with Gasteiger partial charge in [0.05, 0.1) is 5.56 Å². The standard InChI is InChI=1S/C21H19Cl2F3N2O2/c22-17-6-3-15(18(23)11-17)12-27-19(29)13-7-9-28(10-8-13)20(30)14-1-4-16(5-2-14)21(24,25)26/h1-6,11,13H,7-10,12H2,(H,27,29). The second-order valence-electron chi connectivity index (χ2n) is 7.10. The fourth-order valence-corrected chi connectivity index (χ4v) is 3.80. The van der Waals surface area contributed by atoms with Gasteiger partial charge in [0.25, 0.3) is 5.91 Å². The number of halogens is 5. The minimum Gasteiger partial charge on any atom is -0.352 e. The van der Waals surface area contributed by atoms with Crippen molar-refractivity contribution in [3.8, 4) is 0 Å². The average Bonchev–Trinajstić information content (AvgIpc) is 2.72. The number of amides is 2. The third-order valence-electron chi connectivity index (χ3n) is 5.08. The van der Waals surface area contributed by atoms with Crippen LogP contribution in [-0.2, 0) is 17.5 Å². The van der Waals surface area contributed by atoms with Gasteiger partial charge in [-0.3, -0.25) is 9.59 Å². The largest absolute Gasteiger partial charge is 0.416 e. The molecule has 0 aliphatic carbocycles. The second-order valence-corrected chi connectivity index (χ2v) is 7.94. The van der Waals surface area contributed by atoms with E-state index in [-0.39, 0.29) is 29.8 Å². The quantitative estimate of drug-likeness (QED) is 0.685. The van der Waals surface area contributed by atoms with E-state index in [0.29, 0.717) is 36.0 Å². The molecule has 0 unspecified atom stereocenters. The molecule has 160 valence electrons. The zero-order valence-electron chi connectivity index (χ0n) is 15.8. The molecule has 1 aliphatic heterocycles. The Hall–Kier alpha value is -2.25. The summed E-state index contributed by atoms with van der Waals surface area (Å²) >= 11 is 12.0. The van der Waals surface area contributed by atoms with Crippen LogP contribution >= 0.6 is 23.2 Å². The lowest BCUT2D eigenvalue weighted by molar-refractivity contribution is -0.137. The summed E-state index contributed by atoms with van der Waals surface area (Å²) in [4.78, 5) is 26.5. The lowest BCUT2D eigenvalue weighted by atomic mass is 9.95. The van der Waals surface area contributed by atoms with Gasteiger partial charge in [-0.05, 0) is 54.8 Å². The number of carbonyl (C=O) groups is 2.